The van der Waals surface area contributed by atoms with Crippen molar-refractivity contribution in [2.75, 3.05) is 0 Å². The lowest BCUT2D eigenvalue weighted by Crippen LogP contribution is -2.37. The third-order valence-corrected chi connectivity index (χ3v) is 3.42. The quantitative estimate of drug-likeness (QED) is 0.909. The Bertz CT molecular complexity index is 572. The topological polar surface area (TPSA) is 64.4 Å². The first kappa shape index (κ1) is 14.6. The van der Waals surface area contributed by atoms with Gasteiger partial charge in [0.1, 0.15) is 17.7 Å². The predicted molar refractivity (Wildman–Crippen MR) is 77.3 cm³/mol. The van der Waals surface area contributed by atoms with E-state index in [1.165, 1.54) is 6.26 Å². The Hall–Kier alpha value is -1.82. The van der Waals surface area contributed by atoms with Crippen LogP contribution >= 0.6 is 15.9 Å². The number of ether oxygens (including phenoxy) is 1. The van der Waals surface area contributed by atoms with Crippen molar-refractivity contribution in [3.05, 3.63) is 46.8 Å². The van der Waals surface area contributed by atoms with Crippen molar-refractivity contribution in [2.24, 2.45) is 0 Å². The van der Waals surface area contributed by atoms with Crippen LogP contribution in [0.25, 0.3) is 0 Å². The summed E-state index contributed by atoms with van der Waals surface area (Å²) >= 11 is 3.38. The molecule has 6 heteroatoms. The van der Waals surface area contributed by atoms with Crippen molar-refractivity contribution in [1.82, 2.24) is 10.5 Å². The molecule has 2 rings (SSSR count). The van der Waals surface area contributed by atoms with Gasteiger partial charge in [0.15, 0.2) is 6.10 Å². The second kappa shape index (κ2) is 6.56. The van der Waals surface area contributed by atoms with Crippen molar-refractivity contribution in [3.63, 3.8) is 0 Å². The fraction of sp³-hybridized carbons (Fsp3) is 0.286. The summed E-state index contributed by atoms with van der Waals surface area (Å²) in [5.41, 5.74) is 0.673. The van der Waals surface area contributed by atoms with Gasteiger partial charge in [0, 0.05) is 6.07 Å². The van der Waals surface area contributed by atoms with E-state index in [0.29, 0.717) is 11.4 Å². The Morgan fingerprint density at radius 2 is 2.10 bits per heavy atom. The highest BCUT2D eigenvalue weighted by molar-refractivity contribution is 9.10. The van der Waals surface area contributed by atoms with E-state index in [1.54, 1.807) is 19.1 Å². The van der Waals surface area contributed by atoms with Gasteiger partial charge in [-0.05, 0) is 41.9 Å². The van der Waals surface area contributed by atoms with Crippen LogP contribution in [0.3, 0.4) is 0 Å². The minimum atomic E-state index is -0.608. The molecule has 1 aromatic heterocycles. The number of aromatic nitrogens is 1. The van der Waals surface area contributed by atoms with E-state index >= 15 is 0 Å². The van der Waals surface area contributed by atoms with Crippen LogP contribution in [0.5, 0.6) is 5.75 Å². The van der Waals surface area contributed by atoms with Gasteiger partial charge in [-0.25, -0.2) is 0 Å². The van der Waals surface area contributed by atoms with Gasteiger partial charge < -0.3 is 14.6 Å². The number of carbonyl (C=O) groups excluding carboxylic acids is 1. The molecule has 0 unspecified atom stereocenters. The van der Waals surface area contributed by atoms with Gasteiger partial charge in [0.05, 0.1) is 10.5 Å². The number of halogens is 1. The average Bonchev–Trinajstić information content (AvgIpc) is 2.95. The van der Waals surface area contributed by atoms with Crippen LogP contribution in [0.1, 0.15) is 25.6 Å². The van der Waals surface area contributed by atoms with Crippen molar-refractivity contribution < 1.29 is 14.1 Å². The fourth-order valence-electron chi connectivity index (χ4n) is 1.63. The van der Waals surface area contributed by atoms with Crippen LogP contribution in [0.4, 0.5) is 0 Å². The molecule has 2 aromatic rings. The number of para-hydroxylation sites is 1. The Labute approximate surface area is 125 Å². The molecule has 1 N–H and O–H groups in total. The molecule has 1 heterocycles. The Balaban J connectivity index is 1.94. The molecule has 20 heavy (non-hydrogen) atoms. The van der Waals surface area contributed by atoms with E-state index in [9.17, 15) is 4.79 Å². The van der Waals surface area contributed by atoms with Gasteiger partial charge in [-0.15, -0.1) is 0 Å². The number of nitrogens with zero attached hydrogens (tertiary/aromatic N) is 1. The second-order valence-electron chi connectivity index (χ2n) is 4.35. The van der Waals surface area contributed by atoms with Crippen LogP contribution in [-0.4, -0.2) is 17.2 Å². The number of nitrogens with one attached hydrogen (secondary N) is 1. The molecule has 1 aromatic carbocycles. The molecule has 0 fully saturated rings. The van der Waals surface area contributed by atoms with E-state index in [2.05, 4.69) is 26.4 Å². The maximum Gasteiger partial charge on any atom is 0.261 e. The third kappa shape index (κ3) is 3.60. The number of hydrogen-bond acceptors (Lipinski definition) is 4. The number of hydrogen-bond donors (Lipinski definition) is 1. The highest BCUT2D eigenvalue weighted by Crippen LogP contribution is 2.24. The lowest BCUT2D eigenvalue weighted by Gasteiger charge is -2.18. The molecule has 0 spiro atoms. The van der Waals surface area contributed by atoms with Crippen molar-refractivity contribution in [3.8, 4) is 5.75 Å². The maximum atomic E-state index is 12.1. The lowest BCUT2D eigenvalue weighted by atomic mass is 10.2. The molecule has 0 bridgehead atoms. The number of benzene rings is 1. The van der Waals surface area contributed by atoms with Gasteiger partial charge in [-0.3, -0.25) is 4.79 Å². The molecule has 1 amide bonds. The number of amides is 1. The minimum absolute atomic E-state index is 0.212. The Morgan fingerprint density at radius 1 is 1.35 bits per heavy atom. The number of rotatable bonds is 5. The zero-order valence-corrected chi connectivity index (χ0v) is 12.8. The molecular weight excluding hydrogens is 324 g/mol. The average molecular weight is 339 g/mol. The van der Waals surface area contributed by atoms with Gasteiger partial charge in [-0.1, -0.05) is 17.3 Å². The minimum Gasteiger partial charge on any atom is -0.480 e. The van der Waals surface area contributed by atoms with Crippen molar-refractivity contribution >= 4 is 21.8 Å². The van der Waals surface area contributed by atoms with E-state index < -0.39 is 6.10 Å². The Morgan fingerprint density at radius 3 is 2.75 bits per heavy atom. The normalized spacial score (nSPS) is 13.6. The summed E-state index contributed by atoms with van der Waals surface area (Å²) in [4.78, 5) is 12.1. The highest BCUT2D eigenvalue weighted by atomic mass is 79.9. The maximum absolute atomic E-state index is 12.1. The fourth-order valence-corrected chi connectivity index (χ4v) is 2.01. The SMILES string of the molecule is C[C@H](Oc1ccccc1Br)C(=O)N[C@H](C)c1ccon1. The largest absolute Gasteiger partial charge is 0.480 e. The van der Waals surface area contributed by atoms with Gasteiger partial charge in [-0.2, -0.15) is 0 Å². The molecule has 0 radical (unpaired) electrons. The predicted octanol–water partition coefficient (Wildman–Crippen LogP) is 3.08. The van der Waals surface area contributed by atoms with Crippen molar-refractivity contribution in [1.29, 1.82) is 0 Å². The summed E-state index contributed by atoms with van der Waals surface area (Å²) < 4.78 is 11.2. The monoisotopic (exact) mass is 338 g/mol. The van der Waals surface area contributed by atoms with Gasteiger partial charge in [0.2, 0.25) is 0 Å². The summed E-state index contributed by atoms with van der Waals surface area (Å²) in [6.45, 7) is 3.53. The van der Waals surface area contributed by atoms with E-state index in [1.807, 2.05) is 25.1 Å². The summed E-state index contributed by atoms with van der Waals surface area (Å²) in [5.74, 6) is 0.417. The van der Waals surface area contributed by atoms with E-state index in [-0.39, 0.29) is 11.9 Å². The molecule has 0 saturated carbocycles. The molecule has 0 aliphatic heterocycles. The standard InChI is InChI=1S/C14H15BrN2O3/c1-9(12-7-8-19-17-12)16-14(18)10(2)20-13-6-4-3-5-11(13)15/h3-10H,1-2H3,(H,16,18)/t9-,10+/m1/s1. The second-order valence-corrected chi connectivity index (χ2v) is 5.20. The lowest BCUT2D eigenvalue weighted by molar-refractivity contribution is -0.128. The van der Waals surface area contributed by atoms with Crippen LogP contribution in [0.2, 0.25) is 0 Å². The first-order valence-corrected chi connectivity index (χ1v) is 6.99. The first-order chi connectivity index (χ1) is 9.58. The molecule has 0 saturated heterocycles. The third-order valence-electron chi connectivity index (χ3n) is 2.77. The highest BCUT2D eigenvalue weighted by Gasteiger charge is 2.19. The van der Waals surface area contributed by atoms with Gasteiger partial charge in [0.25, 0.3) is 5.91 Å². The van der Waals surface area contributed by atoms with Crippen LogP contribution < -0.4 is 10.1 Å². The first-order valence-electron chi connectivity index (χ1n) is 6.19. The smallest absolute Gasteiger partial charge is 0.261 e. The van der Waals surface area contributed by atoms with Crippen LogP contribution in [-0.2, 0) is 4.79 Å². The van der Waals surface area contributed by atoms with E-state index in [4.69, 9.17) is 9.26 Å². The van der Waals surface area contributed by atoms with E-state index in [0.717, 1.165) is 4.47 Å². The summed E-state index contributed by atoms with van der Waals surface area (Å²) in [6.07, 6.45) is 0.863. The zero-order valence-electron chi connectivity index (χ0n) is 11.2. The number of carbonyl (C=O) groups is 1. The summed E-state index contributed by atoms with van der Waals surface area (Å²) in [7, 11) is 0. The van der Waals surface area contributed by atoms with Crippen molar-refractivity contribution in [2.45, 2.75) is 26.0 Å². The molecule has 106 valence electrons. The van der Waals surface area contributed by atoms with Crippen LogP contribution in [0, 0.1) is 0 Å². The summed E-state index contributed by atoms with van der Waals surface area (Å²) in [6, 6.07) is 8.88. The summed E-state index contributed by atoms with van der Waals surface area (Å²) in [5, 5.41) is 6.61. The molecule has 0 aliphatic rings. The zero-order chi connectivity index (χ0) is 14.5. The Kier molecular flexibility index (Phi) is 4.79. The molecule has 2 atom stereocenters. The van der Waals surface area contributed by atoms with Gasteiger partial charge >= 0.3 is 0 Å². The molecule has 0 aliphatic carbocycles. The van der Waals surface area contributed by atoms with Crippen LogP contribution in [0.15, 0.2) is 45.6 Å². The molecular formula is C14H15BrN2O3. The molecule has 5 nitrogen and oxygen atoms in total.